The number of anilines is 1. The Balaban J connectivity index is 1.74. The van der Waals surface area contributed by atoms with Crippen molar-refractivity contribution in [3.05, 3.63) is 71.6 Å². The zero-order chi connectivity index (χ0) is 31.5. The molecule has 0 N–H and O–H groups in total. The first-order chi connectivity index (χ1) is 20.1. The largest absolute Gasteiger partial charge is 0.464 e. The molecule has 0 bridgehead atoms. The monoisotopic (exact) mass is 615 g/mol. The van der Waals surface area contributed by atoms with Crippen LogP contribution in [-0.2, 0) is 29.0 Å². The first-order valence-corrected chi connectivity index (χ1v) is 15.8. The van der Waals surface area contributed by atoms with Crippen molar-refractivity contribution in [1.29, 1.82) is 0 Å². The molecule has 10 nitrogen and oxygen atoms in total. The standard InChI is InChI=1S/C31H38FN3O7S/c1-19(2)27-24(28(20-10-12-21(32)13-11-20)34-30(33-27)35(6)43(7,37)38)15-14-22-17-23(18-26(36)42-31(3,4)5)41-29(40-22)25-9-8-16-39-25/h8-16,19,22-23,29H,17-18H2,1-7H3/t22-,23-,29+/m1/s1. The van der Waals surface area contributed by atoms with E-state index in [9.17, 15) is 17.6 Å². The van der Waals surface area contributed by atoms with Crippen molar-refractivity contribution in [2.45, 2.75) is 77.5 Å². The van der Waals surface area contributed by atoms with E-state index in [2.05, 4.69) is 9.97 Å². The predicted octanol–water partition coefficient (Wildman–Crippen LogP) is 6.01. The lowest BCUT2D eigenvalue weighted by molar-refractivity contribution is -0.245. The Morgan fingerprint density at radius 2 is 1.86 bits per heavy atom. The molecule has 4 rings (SSSR count). The van der Waals surface area contributed by atoms with Crippen molar-refractivity contribution in [3.63, 3.8) is 0 Å². The summed E-state index contributed by atoms with van der Waals surface area (Å²) in [6.07, 6.45) is 4.74. The zero-order valence-electron chi connectivity index (χ0n) is 25.4. The van der Waals surface area contributed by atoms with Crippen LogP contribution in [0.25, 0.3) is 17.3 Å². The third kappa shape index (κ3) is 8.49. The second kappa shape index (κ2) is 12.9. The number of esters is 1. The van der Waals surface area contributed by atoms with Crippen LogP contribution >= 0.6 is 0 Å². The van der Waals surface area contributed by atoms with Gasteiger partial charge in [-0.15, -0.1) is 0 Å². The van der Waals surface area contributed by atoms with E-state index in [0.717, 1.165) is 10.6 Å². The molecule has 12 heteroatoms. The zero-order valence-corrected chi connectivity index (χ0v) is 26.2. The highest BCUT2D eigenvalue weighted by Gasteiger charge is 2.34. The topological polar surface area (TPSA) is 121 Å². The Kier molecular flexibility index (Phi) is 9.73. The Bertz CT molecular complexity index is 1550. The Labute approximate surface area is 251 Å². The fraction of sp³-hybridized carbons (Fsp3) is 0.452. The first-order valence-electron chi connectivity index (χ1n) is 14.0. The van der Waals surface area contributed by atoms with E-state index in [-0.39, 0.29) is 24.3 Å². The summed E-state index contributed by atoms with van der Waals surface area (Å²) in [5, 5.41) is 0. The fourth-order valence-electron chi connectivity index (χ4n) is 4.52. The normalized spacial score (nSPS) is 19.6. The highest BCUT2D eigenvalue weighted by atomic mass is 32.2. The van der Waals surface area contributed by atoms with Gasteiger partial charge in [0.15, 0.2) is 5.76 Å². The summed E-state index contributed by atoms with van der Waals surface area (Å²) in [6, 6.07) is 9.25. The number of benzene rings is 1. The van der Waals surface area contributed by atoms with Crippen LogP contribution < -0.4 is 4.31 Å². The molecule has 0 aliphatic carbocycles. The maximum Gasteiger partial charge on any atom is 0.308 e. The quantitative estimate of drug-likeness (QED) is 0.266. The average Bonchev–Trinajstić information content (AvgIpc) is 3.45. The van der Waals surface area contributed by atoms with Crippen molar-refractivity contribution < 1.29 is 36.2 Å². The maximum absolute atomic E-state index is 13.8. The summed E-state index contributed by atoms with van der Waals surface area (Å²) in [7, 11) is -2.27. The average molecular weight is 616 g/mol. The summed E-state index contributed by atoms with van der Waals surface area (Å²) < 4.78 is 62.8. The lowest BCUT2D eigenvalue weighted by Gasteiger charge is -2.33. The lowest BCUT2D eigenvalue weighted by Crippen LogP contribution is -2.35. The van der Waals surface area contributed by atoms with Gasteiger partial charge in [0.25, 0.3) is 0 Å². The first kappa shape index (κ1) is 32.3. The highest BCUT2D eigenvalue weighted by molar-refractivity contribution is 7.92. The van der Waals surface area contributed by atoms with E-state index in [4.69, 9.17) is 18.6 Å². The lowest BCUT2D eigenvalue weighted by atomic mass is 9.97. The molecule has 43 heavy (non-hydrogen) atoms. The Morgan fingerprint density at radius 3 is 2.44 bits per heavy atom. The molecule has 0 radical (unpaired) electrons. The molecule has 0 saturated carbocycles. The minimum Gasteiger partial charge on any atom is -0.464 e. The second-order valence-corrected chi connectivity index (χ2v) is 13.7. The molecule has 2 aromatic heterocycles. The van der Waals surface area contributed by atoms with Gasteiger partial charge in [0.1, 0.15) is 11.4 Å². The van der Waals surface area contributed by atoms with Gasteiger partial charge in [-0.2, -0.15) is 0 Å². The van der Waals surface area contributed by atoms with Crippen LogP contribution in [-0.4, -0.2) is 55.5 Å². The summed E-state index contributed by atoms with van der Waals surface area (Å²) >= 11 is 0. The van der Waals surface area contributed by atoms with Crippen LogP contribution in [0.3, 0.4) is 0 Å². The van der Waals surface area contributed by atoms with Crippen LogP contribution in [0, 0.1) is 5.82 Å². The number of ether oxygens (including phenoxy) is 3. The van der Waals surface area contributed by atoms with Crippen molar-refractivity contribution in [1.82, 2.24) is 9.97 Å². The number of nitrogens with zero attached hydrogens (tertiary/aromatic N) is 3. The van der Waals surface area contributed by atoms with Gasteiger partial charge < -0.3 is 18.6 Å². The van der Waals surface area contributed by atoms with Crippen LogP contribution in [0.1, 0.15) is 76.7 Å². The number of rotatable bonds is 9. The second-order valence-electron chi connectivity index (χ2n) is 11.7. The molecule has 3 heterocycles. The van der Waals surface area contributed by atoms with E-state index in [1.54, 1.807) is 45.0 Å². The van der Waals surface area contributed by atoms with Crippen LogP contribution in [0.4, 0.5) is 10.3 Å². The highest BCUT2D eigenvalue weighted by Crippen LogP contribution is 2.35. The van der Waals surface area contributed by atoms with Gasteiger partial charge in [0.2, 0.25) is 22.3 Å². The van der Waals surface area contributed by atoms with Gasteiger partial charge >= 0.3 is 5.97 Å². The van der Waals surface area contributed by atoms with Crippen molar-refractivity contribution in [3.8, 4) is 11.3 Å². The number of furan rings is 1. The van der Waals surface area contributed by atoms with Crippen LogP contribution in [0.5, 0.6) is 0 Å². The molecule has 232 valence electrons. The summed E-state index contributed by atoms with van der Waals surface area (Å²) in [5.41, 5.74) is 1.60. The molecule has 3 atom stereocenters. The van der Waals surface area contributed by atoms with Gasteiger partial charge in [-0.1, -0.05) is 26.0 Å². The van der Waals surface area contributed by atoms with Crippen molar-refractivity contribution in [2.24, 2.45) is 0 Å². The smallest absolute Gasteiger partial charge is 0.308 e. The van der Waals surface area contributed by atoms with E-state index < -0.39 is 39.9 Å². The number of hydrogen-bond acceptors (Lipinski definition) is 9. The molecule has 3 aromatic rings. The molecular formula is C31H38FN3O7S. The van der Waals surface area contributed by atoms with Gasteiger partial charge in [0.05, 0.1) is 42.5 Å². The number of carbonyl (C=O) groups excluding carboxylic acids is 1. The maximum atomic E-state index is 13.8. The van der Waals surface area contributed by atoms with Gasteiger partial charge in [-0.25, -0.2) is 27.1 Å². The summed E-state index contributed by atoms with van der Waals surface area (Å²) in [4.78, 5) is 21.9. The van der Waals surface area contributed by atoms with E-state index in [1.165, 1.54) is 25.4 Å². The molecule has 1 aliphatic heterocycles. The molecule has 1 saturated heterocycles. The molecular weight excluding hydrogens is 577 g/mol. The SMILES string of the molecule is CC(C)c1nc(N(C)S(C)(=O)=O)nc(-c2ccc(F)cc2)c1C=C[C@@H]1C[C@H](CC(=O)OC(C)(C)C)O[C@@H](c2ccco2)O1. The molecule has 1 fully saturated rings. The van der Waals surface area contributed by atoms with Gasteiger partial charge in [-0.05, 0) is 63.1 Å². The van der Waals surface area contributed by atoms with Crippen LogP contribution in [0.2, 0.25) is 0 Å². The Hall–Kier alpha value is -3.61. The molecule has 0 amide bonds. The number of hydrogen-bond donors (Lipinski definition) is 0. The van der Waals surface area contributed by atoms with Crippen molar-refractivity contribution in [2.75, 3.05) is 17.6 Å². The fourth-order valence-corrected chi connectivity index (χ4v) is 4.90. The minimum atomic E-state index is -3.65. The van der Waals surface area contributed by atoms with E-state index in [0.29, 0.717) is 34.7 Å². The summed E-state index contributed by atoms with van der Waals surface area (Å²) in [5.74, 6) is -0.470. The van der Waals surface area contributed by atoms with Crippen LogP contribution in [0.15, 0.2) is 53.2 Å². The third-order valence-electron chi connectivity index (χ3n) is 6.58. The Morgan fingerprint density at radius 1 is 1.16 bits per heavy atom. The van der Waals surface area contributed by atoms with Gasteiger partial charge in [0, 0.05) is 24.6 Å². The molecule has 1 aromatic carbocycles. The molecule has 0 spiro atoms. The van der Waals surface area contributed by atoms with Crippen molar-refractivity contribution >= 4 is 28.0 Å². The predicted molar refractivity (Wildman–Crippen MR) is 160 cm³/mol. The number of sulfonamides is 1. The van der Waals surface area contributed by atoms with E-state index in [1.807, 2.05) is 26.0 Å². The molecule has 0 unspecified atom stereocenters. The number of aromatic nitrogens is 2. The third-order valence-corrected chi connectivity index (χ3v) is 7.74. The minimum absolute atomic E-state index is 0.000277. The summed E-state index contributed by atoms with van der Waals surface area (Å²) in [6.45, 7) is 9.29. The number of carbonyl (C=O) groups is 1. The van der Waals surface area contributed by atoms with Gasteiger partial charge in [-0.3, -0.25) is 4.79 Å². The number of halogens is 1. The molecule has 1 aliphatic rings. The van der Waals surface area contributed by atoms with E-state index >= 15 is 0 Å².